The van der Waals surface area contributed by atoms with E-state index in [0.29, 0.717) is 5.92 Å². The first-order chi connectivity index (χ1) is 11.6. The van der Waals surface area contributed by atoms with Crippen LogP contribution in [0.3, 0.4) is 0 Å². The standard InChI is InChI=1S/C15H31N3O3.C2H4O2/c1-10(2)18-15(21)17-9-13(19)14(20)12(16)8-11-6-4-3-5-7-11;1-2(3)4/h10-14,19-20H,3-9,16H2,1-2H3,(H2,17,18,21);1H3,(H,3,4)/t12-,13-,14+;/m0./s1. The predicted molar refractivity (Wildman–Crippen MR) is 96.2 cm³/mol. The number of aliphatic hydroxyl groups is 2. The van der Waals surface area contributed by atoms with E-state index in [0.717, 1.165) is 26.2 Å². The molecule has 0 saturated heterocycles. The maximum atomic E-state index is 11.4. The number of carbonyl (C=O) groups is 2. The van der Waals surface area contributed by atoms with Gasteiger partial charge in [-0.1, -0.05) is 32.1 Å². The Labute approximate surface area is 150 Å². The molecule has 1 saturated carbocycles. The maximum Gasteiger partial charge on any atom is 0.315 e. The molecule has 3 atom stereocenters. The summed E-state index contributed by atoms with van der Waals surface area (Å²) in [4.78, 5) is 20.4. The molecule has 1 aliphatic carbocycles. The molecule has 0 aromatic heterocycles. The van der Waals surface area contributed by atoms with E-state index in [-0.39, 0.29) is 18.6 Å². The zero-order chi connectivity index (χ0) is 19.4. The molecule has 0 bridgehead atoms. The molecular weight excluding hydrogens is 326 g/mol. The van der Waals surface area contributed by atoms with E-state index in [1.165, 1.54) is 19.3 Å². The second kappa shape index (κ2) is 12.9. The number of aliphatic carboxylic acids is 1. The lowest BCUT2D eigenvalue weighted by molar-refractivity contribution is -0.134. The van der Waals surface area contributed by atoms with Crippen LogP contribution in [0, 0.1) is 5.92 Å². The fourth-order valence-electron chi connectivity index (χ4n) is 2.86. The zero-order valence-corrected chi connectivity index (χ0v) is 15.6. The van der Waals surface area contributed by atoms with Gasteiger partial charge >= 0.3 is 6.03 Å². The van der Waals surface area contributed by atoms with Gasteiger partial charge in [0.15, 0.2) is 0 Å². The Bertz CT molecular complexity index is 382. The topological polar surface area (TPSA) is 145 Å². The second-order valence-electron chi connectivity index (χ2n) is 6.99. The van der Waals surface area contributed by atoms with Gasteiger partial charge in [0.1, 0.15) is 0 Å². The summed E-state index contributed by atoms with van der Waals surface area (Å²) in [5, 5.41) is 32.6. The first-order valence-electron chi connectivity index (χ1n) is 8.99. The molecule has 0 heterocycles. The van der Waals surface area contributed by atoms with Gasteiger partial charge in [-0.05, 0) is 26.2 Å². The number of hydrogen-bond donors (Lipinski definition) is 6. The molecule has 148 valence electrons. The largest absolute Gasteiger partial charge is 0.481 e. The third kappa shape index (κ3) is 12.6. The number of nitrogens with two attached hydrogens (primary N) is 1. The monoisotopic (exact) mass is 361 g/mol. The highest BCUT2D eigenvalue weighted by atomic mass is 16.4. The van der Waals surface area contributed by atoms with Crippen LogP contribution in [-0.2, 0) is 4.79 Å². The Morgan fingerprint density at radius 2 is 1.68 bits per heavy atom. The number of hydrogen-bond acceptors (Lipinski definition) is 5. The van der Waals surface area contributed by atoms with E-state index in [9.17, 15) is 15.0 Å². The summed E-state index contributed by atoms with van der Waals surface area (Å²) in [7, 11) is 0. The molecule has 25 heavy (non-hydrogen) atoms. The number of carboxylic acids is 1. The summed E-state index contributed by atoms with van der Waals surface area (Å²) < 4.78 is 0. The number of carbonyl (C=O) groups excluding carboxylic acids is 1. The molecular formula is C17H35N3O5. The van der Waals surface area contributed by atoms with E-state index >= 15 is 0 Å². The van der Waals surface area contributed by atoms with Crippen molar-refractivity contribution < 1.29 is 24.9 Å². The minimum atomic E-state index is -1.04. The fourth-order valence-corrected chi connectivity index (χ4v) is 2.86. The lowest BCUT2D eigenvalue weighted by Gasteiger charge is -2.29. The summed E-state index contributed by atoms with van der Waals surface area (Å²) in [5.41, 5.74) is 6.00. The van der Waals surface area contributed by atoms with E-state index in [4.69, 9.17) is 15.6 Å². The Morgan fingerprint density at radius 1 is 1.16 bits per heavy atom. The lowest BCUT2D eigenvalue weighted by Crippen LogP contribution is -2.50. The first-order valence-corrected chi connectivity index (χ1v) is 8.99. The van der Waals surface area contributed by atoms with Gasteiger partial charge in [0.2, 0.25) is 0 Å². The molecule has 8 nitrogen and oxygen atoms in total. The number of amides is 2. The van der Waals surface area contributed by atoms with Gasteiger partial charge in [0.25, 0.3) is 5.97 Å². The fraction of sp³-hybridized carbons (Fsp3) is 0.882. The summed E-state index contributed by atoms with van der Waals surface area (Å²) in [6, 6.07) is -0.768. The van der Waals surface area contributed by atoms with E-state index in [1.54, 1.807) is 0 Å². The van der Waals surface area contributed by atoms with Crippen molar-refractivity contribution in [2.24, 2.45) is 11.7 Å². The molecule has 0 aliphatic heterocycles. The van der Waals surface area contributed by atoms with Crippen LogP contribution in [0.25, 0.3) is 0 Å². The van der Waals surface area contributed by atoms with Crippen LogP contribution in [0.4, 0.5) is 4.79 Å². The molecule has 1 fully saturated rings. The number of rotatable bonds is 7. The van der Waals surface area contributed by atoms with Crippen molar-refractivity contribution >= 4 is 12.0 Å². The van der Waals surface area contributed by atoms with Crippen LogP contribution in [-0.4, -0.2) is 58.2 Å². The van der Waals surface area contributed by atoms with Crippen LogP contribution in [0.2, 0.25) is 0 Å². The maximum absolute atomic E-state index is 11.4. The number of aliphatic hydroxyl groups excluding tert-OH is 2. The second-order valence-corrected chi connectivity index (χ2v) is 6.99. The molecule has 8 heteroatoms. The van der Waals surface area contributed by atoms with Crippen molar-refractivity contribution in [3.05, 3.63) is 0 Å². The first kappa shape index (κ1) is 23.6. The van der Waals surface area contributed by atoms with Gasteiger partial charge in [0, 0.05) is 25.6 Å². The molecule has 0 spiro atoms. The van der Waals surface area contributed by atoms with Crippen LogP contribution >= 0.6 is 0 Å². The average Bonchev–Trinajstić information content (AvgIpc) is 2.51. The zero-order valence-electron chi connectivity index (χ0n) is 15.6. The predicted octanol–water partition coefficient (Wildman–Crippen LogP) is 0.804. The third-order valence-corrected chi connectivity index (χ3v) is 4.05. The molecule has 7 N–H and O–H groups in total. The van der Waals surface area contributed by atoms with Crippen LogP contribution in [0.5, 0.6) is 0 Å². The van der Waals surface area contributed by atoms with Gasteiger partial charge in [0.05, 0.1) is 12.2 Å². The molecule has 0 unspecified atom stereocenters. The molecule has 2 amide bonds. The summed E-state index contributed by atoms with van der Waals surface area (Å²) in [5.74, 6) is -0.284. The van der Waals surface area contributed by atoms with Crippen molar-refractivity contribution in [2.45, 2.75) is 83.6 Å². The number of urea groups is 1. The van der Waals surface area contributed by atoms with Crippen molar-refractivity contribution in [1.29, 1.82) is 0 Å². The van der Waals surface area contributed by atoms with Gasteiger partial charge in [-0.25, -0.2) is 4.79 Å². The van der Waals surface area contributed by atoms with Crippen molar-refractivity contribution in [1.82, 2.24) is 10.6 Å². The Hall–Kier alpha value is -1.38. The van der Waals surface area contributed by atoms with Gasteiger partial charge < -0.3 is 31.7 Å². The van der Waals surface area contributed by atoms with E-state index in [2.05, 4.69) is 10.6 Å². The normalized spacial score (nSPS) is 18.5. The molecule has 0 radical (unpaired) electrons. The minimum absolute atomic E-state index is 0.00190. The minimum Gasteiger partial charge on any atom is -0.481 e. The Balaban J connectivity index is 0.00000129. The van der Waals surface area contributed by atoms with Crippen molar-refractivity contribution in [2.75, 3.05) is 6.54 Å². The van der Waals surface area contributed by atoms with Crippen molar-refractivity contribution in [3.8, 4) is 0 Å². The molecule has 0 aromatic rings. The van der Waals surface area contributed by atoms with E-state index in [1.807, 2.05) is 13.8 Å². The SMILES string of the molecule is CC(=O)O.CC(C)NC(=O)NC[C@H](O)[C@H](O)[C@@H](N)CC1CCCCC1. The highest BCUT2D eigenvalue weighted by Gasteiger charge is 2.27. The summed E-state index contributed by atoms with van der Waals surface area (Å²) in [6.45, 7) is 4.79. The highest BCUT2D eigenvalue weighted by molar-refractivity contribution is 5.74. The highest BCUT2D eigenvalue weighted by Crippen LogP contribution is 2.27. The average molecular weight is 361 g/mol. The van der Waals surface area contributed by atoms with Crippen molar-refractivity contribution in [3.63, 3.8) is 0 Å². The Kier molecular flexibility index (Phi) is 12.2. The lowest BCUT2D eigenvalue weighted by atomic mass is 9.83. The smallest absolute Gasteiger partial charge is 0.315 e. The van der Waals surface area contributed by atoms with Crippen LogP contribution in [0.15, 0.2) is 0 Å². The number of nitrogens with one attached hydrogen (secondary N) is 2. The third-order valence-electron chi connectivity index (χ3n) is 4.05. The molecule has 0 aromatic carbocycles. The summed E-state index contributed by atoms with van der Waals surface area (Å²) in [6.07, 6.45) is 4.74. The van der Waals surface area contributed by atoms with Gasteiger partial charge in [-0.2, -0.15) is 0 Å². The van der Waals surface area contributed by atoms with Gasteiger partial charge in [-0.15, -0.1) is 0 Å². The van der Waals surface area contributed by atoms with Crippen LogP contribution in [0.1, 0.15) is 59.3 Å². The number of carboxylic acid groups (broad SMARTS) is 1. The Morgan fingerprint density at radius 3 is 2.16 bits per heavy atom. The quantitative estimate of drug-likeness (QED) is 0.396. The van der Waals surface area contributed by atoms with Gasteiger partial charge in [-0.3, -0.25) is 4.79 Å². The molecule has 1 aliphatic rings. The van der Waals surface area contributed by atoms with Crippen LogP contribution < -0.4 is 16.4 Å². The van der Waals surface area contributed by atoms with E-state index < -0.39 is 24.2 Å². The summed E-state index contributed by atoms with van der Waals surface area (Å²) >= 11 is 0. The molecule has 1 rings (SSSR count).